The smallest absolute Gasteiger partial charge is 0.346 e. The van der Waals surface area contributed by atoms with Crippen LogP contribution in [-0.4, -0.2) is 20.3 Å². The van der Waals surface area contributed by atoms with Gasteiger partial charge in [0.2, 0.25) is 5.91 Å². The van der Waals surface area contributed by atoms with Gasteiger partial charge in [-0.3, -0.25) is 9.36 Å². The highest BCUT2D eigenvalue weighted by molar-refractivity contribution is 5.76. The van der Waals surface area contributed by atoms with E-state index in [1.54, 1.807) is 6.92 Å². The fourth-order valence-electron chi connectivity index (χ4n) is 2.73. The first-order valence-electron chi connectivity index (χ1n) is 8.40. The third-order valence-electron chi connectivity index (χ3n) is 4.26. The number of nitrogens with one attached hydrogen (secondary N) is 1. The van der Waals surface area contributed by atoms with Crippen molar-refractivity contribution in [1.29, 1.82) is 0 Å². The molecule has 0 unspecified atom stereocenters. The van der Waals surface area contributed by atoms with Crippen LogP contribution in [0, 0.1) is 17.5 Å². The van der Waals surface area contributed by atoms with Crippen LogP contribution >= 0.6 is 0 Å². The van der Waals surface area contributed by atoms with Crippen LogP contribution in [0.1, 0.15) is 18.5 Å². The molecule has 0 saturated carbocycles. The maximum Gasteiger partial charge on any atom is 0.346 e. The second-order valence-electron chi connectivity index (χ2n) is 6.29. The number of amides is 1. The zero-order valence-corrected chi connectivity index (χ0v) is 15.1. The van der Waals surface area contributed by atoms with E-state index in [0.717, 1.165) is 16.8 Å². The van der Waals surface area contributed by atoms with Crippen molar-refractivity contribution in [3.05, 3.63) is 76.0 Å². The highest BCUT2D eigenvalue weighted by atomic mass is 19.2. The normalized spacial score (nSPS) is 12.0. The average Bonchev–Trinajstić information content (AvgIpc) is 2.93. The molecular formula is C19H17F3N4O2. The number of hydrogen-bond acceptors (Lipinski definition) is 3. The van der Waals surface area contributed by atoms with Crippen LogP contribution in [-0.2, 0) is 18.4 Å². The Bertz CT molecular complexity index is 1070. The Morgan fingerprint density at radius 2 is 1.79 bits per heavy atom. The number of carbonyl (C=O) groups is 1. The number of benzene rings is 2. The molecule has 1 N–H and O–H groups in total. The number of aromatic nitrogens is 3. The highest BCUT2D eigenvalue weighted by Gasteiger charge is 2.17. The lowest BCUT2D eigenvalue weighted by atomic mass is 10.1. The van der Waals surface area contributed by atoms with Gasteiger partial charge in [-0.15, -0.1) is 5.10 Å². The predicted octanol–water partition coefficient (Wildman–Crippen LogP) is 2.54. The maximum absolute atomic E-state index is 13.3. The maximum atomic E-state index is 13.3. The molecule has 146 valence electrons. The molecule has 6 nitrogen and oxygen atoms in total. The third kappa shape index (κ3) is 3.98. The van der Waals surface area contributed by atoms with Gasteiger partial charge in [0.05, 0.1) is 6.04 Å². The molecule has 0 bridgehead atoms. The molecule has 1 aromatic heterocycles. The van der Waals surface area contributed by atoms with Gasteiger partial charge in [-0.2, -0.15) is 0 Å². The van der Waals surface area contributed by atoms with Gasteiger partial charge in [0.15, 0.2) is 17.5 Å². The molecule has 0 aliphatic carbocycles. The zero-order chi connectivity index (χ0) is 20.4. The summed E-state index contributed by atoms with van der Waals surface area (Å²) in [5.41, 5.74) is 0.387. The SMILES string of the molecule is C[C@H](NC(=O)Cn1nc(-c2ccc(F)cc2)n(C)c1=O)c1ccc(F)c(F)c1. The first kappa shape index (κ1) is 19.4. The van der Waals surface area contributed by atoms with Crippen LogP contribution in [0.5, 0.6) is 0 Å². The molecule has 0 fully saturated rings. The Morgan fingerprint density at radius 3 is 2.43 bits per heavy atom. The summed E-state index contributed by atoms with van der Waals surface area (Å²) in [6.45, 7) is 1.25. The molecule has 1 amide bonds. The Balaban J connectivity index is 1.75. The van der Waals surface area contributed by atoms with Crippen LogP contribution in [0.4, 0.5) is 13.2 Å². The standard InChI is InChI=1S/C19H17F3N4O2/c1-11(13-5-8-15(21)16(22)9-13)23-17(27)10-26-19(28)25(2)18(24-26)12-3-6-14(20)7-4-12/h3-9,11H,10H2,1-2H3,(H,23,27)/t11-/m0/s1. The molecule has 1 atom stereocenters. The second-order valence-corrected chi connectivity index (χ2v) is 6.29. The molecule has 3 aromatic rings. The molecule has 3 rings (SSSR count). The third-order valence-corrected chi connectivity index (χ3v) is 4.26. The minimum atomic E-state index is -1.01. The molecule has 0 aliphatic rings. The van der Waals surface area contributed by atoms with E-state index in [2.05, 4.69) is 10.4 Å². The minimum Gasteiger partial charge on any atom is -0.348 e. The lowest BCUT2D eigenvalue weighted by Crippen LogP contribution is -2.34. The monoisotopic (exact) mass is 390 g/mol. The number of halogens is 3. The van der Waals surface area contributed by atoms with Gasteiger partial charge in [-0.05, 0) is 48.9 Å². The van der Waals surface area contributed by atoms with Crippen LogP contribution in [0.3, 0.4) is 0 Å². The molecule has 2 aromatic carbocycles. The van der Waals surface area contributed by atoms with E-state index >= 15 is 0 Å². The molecule has 0 aliphatic heterocycles. The van der Waals surface area contributed by atoms with E-state index in [1.807, 2.05) is 0 Å². The van der Waals surface area contributed by atoms with Gasteiger partial charge in [-0.25, -0.2) is 22.6 Å². The van der Waals surface area contributed by atoms with Crippen molar-refractivity contribution in [3.8, 4) is 11.4 Å². The van der Waals surface area contributed by atoms with E-state index < -0.39 is 35.1 Å². The fraction of sp³-hybridized carbons (Fsp3) is 0.211. The second kappa shape index (κ2) is 7.71. The van der Waals surface area contributed by atoms with E-state index in [9.17, 15) is 22.8 Å². The zero-order valence-electron chi connectivity index (χ0n) is 15.1. The number of nitrogens with zero attached hydrogens (tertiary/aromatic N) is 3. The average molecular weight is 390 g/mol. The summed E-state index contributed by atoms with van der Waals surface area (Å²) in [6.07, 6.45) is 0. The van der Waals surface area contributed by atoms with Gasteiger partial charge < -0.3 is 5.32 Å². The topological polar surface area (TPSA) is 68.9 Å². The van der Waals surface area contributed by atoms with Crippen molar-refractivity contribution in [2.45, 2.75) is 19.5 Å². The largest absolute Gasteiger partial charge is 0.348 e. The summed E-state index contributed by atoms with van der Waals surface area (Å²) < 4.78 is 41.7. The van der Waals surface area contributed by atoms with E-state index in [-0.39, 0.29) is 12.4 Å². The van der Waals surface area contributed by atoms with Crippen LogP contribution in [0.2, 0.25) is 0 Å². The summed E-state index contributed by atoms with van der Waals surface area (Å²) >= 11 is 0. The lowest BCUT2D eigenvalue weighted by Gasteiger charge is -2.14. The Morgan fingerprint density at radius 1 is 1.11 bits per heavy atom. The number of rotatable bonds is 5. The van der Waals surface area contributed by atoms with E-state index in [1.165, 1.54) is 41.9 Å². The minimum absolute atomic E-state index is 0.284. The summed E-state index contributed by atoms with van der Waals surface area (Å²) in [4.78, 5) is 24.6. The Kier molecular flexibility index (Phi) is 5.34. The number of carbonyl (C=O) groups excluding carboxylic acids is 1. The fourth-order valence-corrected chi connectivity index (χ4v) is 2.73. The Labute approximate surface area is 158 Å². The van der Waals surface area contributed by atoms with Gasteiger partial charge in [0.1, 0.15) is 12.4 Å². The molecule has 0 radical (unpaired) electrons. The molecule has 0 saturated heterocycles. The number of hydrogen-bond donors (Lipinski definition) is 1. The van der Waals surface area contributed by atoms with Crippen molar-refractivity contribution in [3.63, 3.8) is 0 Å². The summed E-state index contributed by atoms with van der Waals surface area (Å²) in [6, 6.07) is 8.19. The van der Waals surface area contributed by atoms with Crippen molar-refractivity contribution in [1.82, 2.24) is 19.7 Å². The molecular weight excluding hydrogens is 373 g/mol. The first-order chi connectivity index (χ1) is 13.3. The van der Waals surface area contributed by atoms with E-state index in [0.29, 0.717) is 11.1 Å². The van der Waals surface area contributed by atoms with E-state index in [4.69, 9.17) is 0 Å². The molecule has 9 heteroatoms. The predicted molar refractivity (Wildman–Crippen MR) is 95.8 cm³/mol. The van der Waals surface area contributed by atoms with Crippen molar-refractivity contribution < 1.29 is 18.0 Å². The van der Waals surface area contributed by atoms with Gasteiger partial charge in [-0.1, -0.05) is 6.07 Å². The van der Waals surface area contributed by atoms with Crippen molar-refractivity contribution in [2.75, 3.05) is 0 Å². The van der Waals surface area contributed by atoms with Crippen LogP contribution in [0.15, 0.2) is 47.3 Å². The van der Waals surface area contributed by atoms with Crippen LogP contribution < -0.4 is 11.0 Å². The van der Waals surface area contributed by atoms with Crippen LogP contribution in [0.25, 0.3) is 11.4 Å². The summed E-state index contributed by atoms with van der Waals surface area (Å²) in [5.74, 6) is -2.65. The molecule has 0 spiro atoms. The summed E-state index contributed by atoms with van der Waals surface area (Å²) in [5, 5.41) is 6.74. The molecule has 28 heavy (non-hydrogen) atoms. The quantitative estimate of drug-likeness (QED) is 0.728. The first-order valence-corrected chi connectivity index (χ1v) is 8.40. The van der Waals surface area contributed by atoms with Gasteiger partial charge >= 0.3 is 5.69 Å². The van der Waals surface area contributed by atoms with Crippen molar-refractivity contribution >= 4 is 5.91 Å². The lowest BCUT2D eigenvalue weighted by molar-refractivity contribution is -0.122. The van der Waals surface area contributed by atoms with Gasteiger partial charge in [0.25, 0.3) is 0 Å². The van der Waals surface area contributed by atoms with Gasteiger partial charge in [0, 0.05) is 12.6 Å². The highest BCUT2D eigenvalue weighted by Crippen LogP contribution is 2.17. The van der Waals surface area contributed by atoms with Crippen molar-refractivity contribution in [2.24, 2.45) is 7.05 Å². The summed E-state index contributed by atoms with van der Waals surface area (Å²) in [7, 11) is 1.49. The molecule has 1 heterocycles. The Hall–Kier alpha value is -3.36.